The van der Waals surface area contributed by atoms with Crippen molar-refractivity contribution in [3.05, 3.63) is 29.7 Å². The number of halogens is 1. The van der Waals surface area contributed by atoms with Crippen LogP contribution in [0, 0.1) is 5.92 Å². The van der Waals surface area contributed by atoms with Crippen molar-refractivity contribution < 1.29 is 14.0 Å². The Morgan fingerprint density at radius 3 is 2.96 bits per heavy atom. The zero-order valence-corrected chi connectivity index (χ0v) is 15.8. The van der Waals surface area contributed by atoms with Gasteiger partial charge in [-0.3, -0.25) is 14.0 Å². The van der Waals surface area contributed by atoms with Gasteiger partial charge in [-0.25, -0.2) is 9.50 Å². The molecule has 1 aliphatic heterocycles. The Labute approximate surface area is 157 Å². The molecule has 146 valence electrons. The van der Waals surface area contributed by atoms with Gasteiger partial charge < -0.3 is 10.2 Å². The third kappa shape index (κ3) is 4.26. The van der Waals surface area contributed by atoms with Gasteiger partial charge in [-0.1, -0.05) is 13.8 Å². The van der Waals surface area contributed by atoms with Crippen molar-refractivity contribution in [3.63, 3.8) is 0 Å². The molecule has 0 bridgehead atoms. The number of rotatable bonds is 6. The van der Waals surface area contributed by atoms with Crippen molar-refractivity contribution in [2.45, 2.75) is 39.0 Å². The van der Waals surface area contributed by atoms with Gasteiger partial charge in [0, 0.05) is 31.7 Å². The molecule has 2 amide bonds. The molecule has 1 saturated heterocycles. The van der Waals surface area contributed by atoms with Crippen LogP contribution in [0.3, 0.4) is 0 Å². The van der Waals surface area contributed by atoms with Gasteiger partial charge in [0.05, 0.1) is 25.0 Å². The average Bonchev–Trinajstić information content (AvgIpc) is 3.10. The highest BCUT2D eigenvalue weighted by molar-refractivity contribution is 5.99. The molecule has 0 spiro atoms. The van der Waals surface area contributed by atoms with Gasteiger partial charge in [-0.15, -0.1) is 0 Å². The minimum atomic E-state index is -0.631. The Morgan fingerprint density at radius 1 is 1.41 bits per heavy atom. The van der Waals surface area contributed by atoms with Gasteiger partial charge in [0.25, 0.3) is 5.91 Å². The molecule has 1 unspecified atom stereocenters. The number of likely N-dealkylation sites (tertiary alicyclic amines) is 1. The van der Waals surface area contributed by atoms with Crippen LogP contribution in [-0.2, 0) is 4.79 Å². The fourth-order valence-corrected chi connectivity index (χ4v) is 3.46. The minimum Gasteiger partial charge on any atom is -0.352 e. The van der Waals surface area contributed by atoms with Crippen molar-refractivity contribution in [1.82, 2.24) is 24.8 Å². The summed E-state index contributed by atoms with van der Waals surface area (Å²) in [5.74, 6) is 0.0992. The molecule has 2 aromatic heterocycles. The fraction of sp³-hybridized carbons (Fsp3) is 0.579. The zero-order chi connectivity index (χ0) is 19.4. The van der Waals surface area contributed by atoms with E-state index in [0.29, 0.717) is 36.8 Å². The fourth-order valence-electron chi connectivity index (χ4n) is 3.46. The Morgan fingerprint density at radius 2 is 2.22 bits per heavy atom. The van der Waals surface area contributed by atoms with Crippen molar-refractivity contribution >= 4 is 17.5 Å². The van der Waals surface area contributed by atoms with E-state index in [1.165, 1.54) is 6.20 Å². The average molecular weight is 375 g/mol. The maximum Gasteiger partial charge on any atom is 0.256 e. The van der Waals surface area contributed by atoms with Gasteiger partial charge in [0.15, 0.2) is 5.65 Å². The second kappa shape index (κ2) is 8.45. The molecule has 0 radical (unpaired) electrons. The normalized spacial score (nSPS) is 17.5. The number of carbonyl (C=O) groups excluding carboxylic acids is 2. The molecule has 1 aliphatic rings. The summed E-state index contributed by atoms with van der Waals surface area (Å²) in [6.07, 6.45) is 4.91. The molecule has 0 aliphatic carbocycles. The monoisotopic (exact) mass is 375 g/mol. The van der Waals surface area contributed by atoms with Crippen LogP contribution in [-0.4, -0.2) is 57.6 Å². The van der Waals surface area contributed by atoms with Crippen LogP contribution in [0.15, 0.2) is 18.5 Å². The lowest BCUT2D eigenvalue weighted by Crippen LogP contribution is -2.39. The number of nitrogens with one attached hydrogen (secondary N) is 1. The molecule has 0 saturated carbocycles. The van der Waals surface area contributed by atoms with Crippen LogP contribution in [0.2, 0.25) is 0 Å². The summed E-state index contributed by atoms with van der Waals surface area (Å²) in [5, 5.41) is 7.27. The van der Waals surface area contributed by atoms with Crippen LogP contribution in [0.4, 0.5) is 4.39 Å². The number of aromatic nitrogens is 3. The number of nitrogens with zero attached hydrogens (tertiary/aromatic N) is 4. The van der Waals surface area contributed by atoms with Crippen molar-refractivity contribution in [1.29, 1.82) is 0 Å². The number of carbonyl (C=O) groups is 2. The first-order chi connectivity index (χ1) is 13.0. The van der Waals surface area contributed by atoms with E-state index in [9.17, 15) is 14.0 Å². The predicted molar refractivity (Wildman–Crippen MR) is 99.3 cm³/mol. The van der Waals surface area contributed by atoms with Gasteiger partial charge in [0.1, 0.15) is 5.56 Å². The summed E-state index contributed by atoms with van der Waals surface area (Å²) >= 11 is 0. The summed E-state index contributed by atoms with van der Waals surface area (Å²) in [7, 11) is 0. The number of alkyl halides is 1. The molecule has 8 heteroatoms. The first-order valence-corrected chi connectivity index (χ1v) is 9.45. The summed E-state index contributed by atoms with van der Waals surface area (Å²) in [6, 6.07) is 1.88. The smallest absolute Gasteiger partial charge is 0.256 e. The molecule has 0 aromatic carbocycles. The van der Waals surface area contributed by atoms with Crippen molar-refractivity contribution in [2.75, 3.05) is 26.3 Å². The van der Waals surface area contributed by atoms with E-state index in [1.54, 1.807) is 15.6 Å². The number of hydrogen-bond acceptors (Lipinski definition) is 4. The Kier molecular flexibility index (Phi) is 6.03. The Hall–Kier alpha value is -2.51. The SMILES string of the molecule is CC(C)CNC(=O)c1cnn2c(C3CCCN(C(=O)CCF)C3)ccnc12. The summed E-state index contributed by atoms with van der Waals surface area (Å²) in [6.45, 7) is 5.22. The molecule has 7 nitrogen and oxygen atoms in total. The lowest BCUT2D eigenvalue weighted by Gasteiger charge is -2.32. The van der Waals surface area contributed by atoms with Gasteiger partial charge in [-0.2, -0.15) is 5.10 Å². The van der Waals surface area contributed by atoms with E-state index < -0.39 is 6.67 Å². The van der Waals surface area contributed by atoms with Crippen LogP contribution in [0.1, 0.15) is 55.1 Å². The van der Waals surface area contributed by atoms with Crippen LogP contribution >= 0.6 is 0 Å². The third-order valence-electron chi connectivity index (χ3n) is 4.85. The molecule has 1 fully saturated rings. The van der Waals surface area contributed by atoms with E-state index >= 15 is 0 Å². The highest BCUT2D eigenvalue weighted by Crippen LogP contribution is 2.27. The summed E-state index contributed by atoms with van der Waals surface area (Å²) < 4.78 is 14.2. The second-order valence-corrected chi connectivity index (χ2v) is 7.39. The van der Waals surface area contributed by atoms with Crippen LogP contribution < -0.4 is 5.32 Å². The summed E-state index contributed by atoms with van der Waals surface area (Å²) in [5.41, 5.74) is 1.88. The van der Waals surface area contributed by atoms with E-state index in [0.717, 1.165) is 18.5 Å². The standard InChI is InChI=1S/C19H26FN5O2/c1-13(2)10-22-19(27)15-11-23-25-16(6-8-21-18(15)25)14-4-3-9-24(12-14)17(26)5-7-20/h6,8,11,13-14H,3-5,7,9-10,12H2,1-2H3,(H,22,27). The molecular weight excluding hydrogens is 349 g/mol. The molecule has 1 atom stereocenters. The first kappa shape index (κ1) is 19.3. The van der Waals surface area contributed by atoms with Gasteiger partial charge in [-0.05, 0) is 24.8 Å². The lowest BCUT2D eigenvalue weighted by atomic mass is 9.94. The maximum absolute atomic E-state index is 12.5. The largest absolute Gasteiger partial charge is 0.352 e. The van der Waals surface area contributed by atoms with Gasteiger partial charge >= 0.3 is 0 Å². The van der Waals surface area contributed by atoms with Crippen LogP contribution in [0.25, 0.3) is 5.65 Å². The Bertz CT molecular complexity index is 820. The Balaban J connectivity index is 1.83. The number of piperidine rings is 1. The number of fused-ring (bicyclic) bond motifs is 1. The molecule has 1 N–H and O–H groups in total. The predicted octanol–water partition coefficient (Wildman–Crippen LogP) is 2.18. The van der Waals surface area contributed by atoms with E-state index in [1.807, 2.05) is 19.9 Å². The number of hydrogen-bond donors (Lipinski definition) is 1. The summed E-state index contributed by atoms with van der Waals surface area (Å²) in [4.78, 5) is 30.5. The quantitative estimate of drug-likeness (QED) is 0.839. The molecule has 3 rings (SSSR count). The van der Waals surface area contributed by atoms with Crippen LogP contribution in [0.5, 0.6) is 0 Å². The molecule has 27 heavy (non-hydrogen) atoms. The maximum atomic E-state index is 12.5. The molecule has 3 heterocycles. The van der Waals surface area contributed by atoms with Gasteiger partial charge in [0.2, 0.25) is 5.91 Å². The van der Waals surface area contributed by atoms with Crippen molar-refractivity contribution in [3.8, 4) is 0 Å². The highest BCUT2D eigenvalue weighted by atomic mass is 19.1. The van der Waals surface area contributed by atoms with E-state index in [4.69, 9.17) is 0 Å². The van der Waals surface area contributed by atoms with Crippen molar-refractivity contribution in [2.24, 2.45) is 5.92 Å². The molecular formula is C19H26FN5O2. The first-order valence-electron chi connectivity index (χ1n) is 9.45. The zero-order valence-electron chi connectivity index (χ0n) is 15.8. The van der Waals surface area contributed by atoms with E-state index in [-0.39, 0.29) is 24.2 Å². The lowest BCUT2D eigenvalue weighted by molar-refractivity contribution is -0.132. The highest BCUT2D eigenvalue weighted by Gasteiger charge is 2.27. The topological polar surface area (TPSA) is 79.6 Å². The minimum absolute atomic E-state index is 0.0690. The van der Waals surface area contributed by atoms with E-state index in [2.05, 4.69) is 15.4 Å². The molecule has 2 aromatic rings. The number of amides is 2. The second-order valence-electron chi connectivity index (χ2n) is 7.39. The third-order valence-corrected chi connectivity index (χ3v) is 4.85.